The van der Waals surface area contributed by atoms with Crippen molar-refractivity contribution in [1.29, 1.82) is 0 Å². The third-order valence-electron chi connectivity index (χ3n) is 2.40. The van der Waals surface area contributed by atoms with Gasteiger partial charge in [-0.15, -0.1) is 0 Å². The highest BCUT2D eigenvalue weighted by Crippen LogP contribution is 2.21. The molecule has 0 radical (unpaired) electrons. The van der Waals surface area contributed by atoms with Gasteiger partial charge in [0.2, 0.25) is 10.0 Å². The van der Waals surface area contributed by atoms with Gasteiger partial charge >= 0.3 is 0 Å². The maximum Gasteiger partial charge on any atom is 0.242 e. The van der Waals surface area contributed by atoms with Gasteiger partial charge in [-0.25, -0.2) is 13.1 Å². The van der Waals surface area contributed by atoms with Crippen LogP contribution in [0.5, 0.6) is 0 Å². The summed E-state index contributed by atoms with van der Waals surface area (Å²) in [6.45, 7) is 3.92. The van der Waals surface area contributed by atoms with Crippen LogP contribution in [0.4, 0.5) is 0 Å². The van der Waals surface area contributed by atoms with Crippen LogP contribution < -0.4 is 4.72 Å². The Morgan fingerprint density at radius 2 is 1.94 bits per heavy atom. The van der Waals surface area contributed by atoms with Crippen LogP contribution in [-0.4, -0.2) is 19.8 Å². The Morgan fingerprint density at radius 3 is 2.41 bits per heavy atom. The third-order valence-corrected chi connectivity index (χ3v) is 5.09. The van der Waals surface area contributed by atoms with Gasteiger partial charge in [0.05, 0.1) is 5.02 Å². The second-order valence-electron chi connectivity index (χ2n) is 4.06. The lowest BCUT2D eigenvalue weighted by Crippen LogP contribution is -2.39. The zero-order valence-electron chi connectivity index (χ0n) is 9.65. The lowest BCUT2D eigenvalue weighted by molar-refractivity contribution is 0.484. The van der Waals surface area contributed by atoms with E-state index in [1.54, 1.807) is 18.2 Å². The molecule has 1 N–H and O–H groups in total. The molecule has 0 amide bonds. The molecular formula is C11H15BrClNO2S. The van der Waals surface area contributed by atoms with E-state index in [1.807, 2.05) is 13.8 Å². The van der Waals surface area contributed by atoms with E-state index >= 15 is 0 Å². The SMILES string of the molecule is CC(C)C(CBr)NS(=O)(=O)c1ccccc1Cl. The summed E-state index contributed by atoms with van der Waals surface area (Å²) in [5.74, 6) is 0.201. The van der Waals surface area contributed by atoms with E-state index in [0.29, 0.717) is 5.33 Å². The van der Waals surface area contributed by atoms with Gasteiger partial charge in [0.1, 0.15) is 4.90 Å². The molecular weight excluding hydrogens is 326 g/mol. The summed E-state index contributed by atoms with van der Waals surface area (Å²) in [5.41, 5.74) is 0. The molecule has 3 nitrogen and oxygen atoms in total. The minimum atomic E-state index is -3.56. The number of rotatable bonds is 5. The Morgan fingerprint density at radius 1 is 1.35 bits per heavy atom. The lowest BCUT2D eigenvalue weighted by atomic mass is 10.1. The van der Waals surface area contributed by atoms with Crippen molar-refractivity contribution in [2.24, 2.45) is 5.92 Å². The molecule has 0 spiro atoms. The van der Waals surface area contributed by atoms with Crippen LogP contribution >= 0.6 is 27.5 Å². The highest BCUT2D eigenvalue weighted by atomic mass is 79.9. The van der Waals surface area contributed by atoms with Crippen LogP contribution in [0.1, 0.15) is 13.8 Å². The molecule has 96 valence electrons. The summed E-state index contributed by atoms with van der Waals surface area (Å²) in [7, 11) is -3.56. The summed E-state index contributed by atoms with van der Waals surface area (Å²) in [6.07, 6.45) is 0. The lowest BCUT2D eigenvalue weighted by Gasteiger charge is -2.20. The van der Waals surface area contributed by atoms with Crippen molar-refractivity contribution in [3.63, 3.8) is 0 Å². The van der Waals surface area contributed by atoms with Crippen molar-refractivity contribution in [3.8, 4) is 0 Å². The van der Waals surface area contributed by atoms with Crippen molar-refractivity contribution in [3.05, 3.63) is 29.3 Å². The van der Waals surface area contributed by atoms with Crippen LogP contribution in [0.15, 0.2) is 29.2 Å². The van der Waals surface area contributed by atoms with Crippen LogP contribution in [0.25, 0.3) is 0 Å². The molecule has 1 aromatic rings. The highest BCUT2D eigenvalue weighted by molar-refractivity contribution is 9.09. The van der Waals surface area contributed by atoms with Crippen molar-refractivity contribution >= 4 is 37.6 Å². The van der Waals surface area contributed by atoms with Crippen LogP contribution in [-0.2, 0) is 10.0 Å². The van der Waals surface area contributed by atoms with Crippen LogP contribution in [0.2, 0.25) is 5.02 Å². The maximum atomic E-state index is 12.1. The number of sulfonamides is 1. The molecule has 17 heavy (non-hydrogen) atoms. The molecule has 0 aliphatic rings. The van der Waals surface area contributed by atoms with E-state index < -0.39 is 10.0 Å². The first-order valence-corrected chi connectivity index (χ1v) is 8.19. The predicted octanol–water partition coefficient (Wildman–Crippen LogP) is 3.04. The molecule has 6 heteroatoms. The Labute approximate surface area is 116 Å². The Hall–Kier alpha value is -0.100. The van der Waals surface area contributed by atoms with Crippen molar-refractivity contribution in [1.82, 2.24) is 4.72 Å². The van der Waals surface area contributed by atoms with E-state index in [-0.39, 0.29) is 21.9 Å². The molecule has 0 saturated carbocycles. The quantitative estimate of drug-likeness (QED) is 0.837. The first-order chi connectivity index (χ1) is 7.88. The molecule has 1 aromatic carbocycles. The summed E-state index contributed by atoms with van der Waals surface area (Å²) in [6, 6.07) is 6.26. The molecule has 0 aliphatic carbocycles. The largest absolute Gasteiger partial charge is 0.242 e. The van der Waals surface area contributed by atoms with Crippen molar-refractivity contribution < 1.29 is 8.42 Å². The molecule has 0 aromatic heterocycles. The van der Waals surface area contributed by atoms with Gasteiger partial charge in [-0.05, 0) is 18.1 Å². The van der Waals surface area contributed by atoms with E-state index in [4.69, 9.17) is 11.6 Å². The molecule has 0 saturated heterocycles. The maximum absolute atomic E-state index is 12.1. The van der Waals surface area contributed by atoms with Crippen LogP contribution in [0, 0.1) is 5.92 Å². The predicted molar refractivity (Wildman–Crippen MR) is 74.2 cm³/mol. The third kappa shape index (κ3) is 3.95. The average Bonchev–Trinajstić information content (AvgIpc) is 2.26. The van der Waals surface area contributed by atoms with Crippen LogP contribution in [0.3, 0.4) is 0 Å². The van der Waals surface area contributed by atoms with E-state index in [2.05, 4.69) is 20.7 Å². The fourth-order valence-electron chi connectivity index (χ4n) is 1.27. The fourth-order valence-corrected chi connectivity index (χ4v) is 4.30. The highest BCUT2D eigenvalue weighted by Gasteiger charge is 2.23. The number of halogens is 2. The molecule has 1 atom stereocenters. The first kappa shape index (κ1) is 15.0. The van der Waals surface area contributed by atoms with Crippen molar-refractivity contribution in [2.45, 2.75) is 24.8 Å². The number of benzene rings is 1. The first-order valence-electron chi connectivity index (χ1n) is 5.21. The minimum absolute atomic E-state index is 0.119. The fraction of sp³-hybridized carbons (Fsp3) is 0.455. The molecule has 0 aliphatic heterocycles. The topological polar surface area (TPSA) is 46.2 Å². The van der Waals surface area contributed by atoms with Crippen molar-refractivity contribution in [2.75, 3.05) is 5.33 Å². The molecule has 0 fully saturated rings. The van der Waals surface area contributed by atoms with E-state index in [9.17, 15) is 8.42 Å². The number of hydrogen-bond donors (Lipinski definition) is 1. The van der Waals surface area contributed by atoms with Gasteiger partial charge in [0, 0.05) is 11.4 Å². The second kappa shape index (κ2) is 6.18. The average molecular weight is 341 g/mol. The minimum Gasteiger partial charge on any atom is -0.207 e. The Balaban J connectivity index is 3.01. The van der Waals surface area contributed by atoms with E-state index in [0.717, 1.165) is 0 Å². The standard InChI is InChI=1S/C11H15BrClNO2S/c1-8(2)10(7-12)14-17(15,16)11-6-4-3-5-9(11)13/h3-6,8,10,14H,7H2,1-2H3. The van der Waals surface area contributed by atoms with Gasteiger partial charge in [-0.3, -0.25) is 0 Å². The molecule has 1 unspecified atom stereocenters. The summed E-state index contributed by atoms with van der Waals surface area (Å²) in [4.78, 5) is 0.119. The van der Waals surface area contributed by atoms with Gasteiger partial charge < -0.3 is 0 Å². The second-order valence-corrected chi connectivity index (χ2v) is 6.79. The number of hydrogen-bond acceptors (Lipinski definition) is 2. The molecule has 1 rings (SSSR count). The van der Waals surface area contributed by atoms with Gasteiger partial charge in [0.15, 0.2) is 0 Å². The Kier molecular flexibility index (Phi) is 5.44. The van der Waals surface area contributed by atoms with Gasteiger partial charge in [-0.1, -0.05) is 53.5 Å². The summed E-state index contributed by atoms with van der Waals surface area (Å²) >= 11 is 9.18. The molecule has 0 heterocycles. The monoisotopic (exact) mass is 339 g/mol. The smallest absolute Gasteiger partial charge is 0.207 e. The van der Waals surface area contributed by atoms with E-state index in [1.165, 1.54) is 6.07 Å². The number of alkyl halides is 1. The molecule has 0 bridgehead atoms. The van der Waals surface area contributed by atoms with Gasteiger partial charge in [0.25, 0.3) is 0 Å². The zero-order valence-corrected chi connectivity index (χ0v) is 12.8. The number of nitrogens with one attached hydrogen (secondary N) is 1. The summed E-state index contributed by atoms with van der Waals surface area (Å²) < 4.78 is 26.9. The Bertz CT molecular complexity index is 476. The van der Waals surface area contributed by atoms with Gasteiger partial charge in [-0.2, -0.15) is 0 Å². The summed E-state index contributed by atoms with van der Waals surface area (Å²) in [5, 5.41) is 0.797. The normalized spacial score (nSPS) is 13.9. The zero-order chi connectivity index (χ0) is 13.1.